The highest BCUT2D eigenvalue weighted by molar-refractivity contribution is 5.72. The maximum absolute atomic E-state index is 10.5. The van der Waals surface area contributed by atoms with E-state index in [-0.39, 0.29) is 0 Å². The van der Waals surface area contributed by atoms with Gasteiger partial charge in [-0.3, -0.25) is 4.89 Å². The second-order valence-electron chi connectivity index (χ2n) is 3.05. The summed E-state index contributed by atoms with van der Waals surface area (Å²) < 4.78 is 0. The van der Waals surface area contributed by atoms with Gasteiger partial charge in [0, 0.05) is 0 Å². The Morgan fingerprint density at radius 3 is 2.33 bits per heavy atom. The Kier molecular flexibility index (Phi) is 5.66. The summed E-state index contributed by atoms with van der Waals surface area (Å²) in [5, 5.41) is 10.4. The highest BCUT2D eigenvalue weighted by atomic mass is 17.2. The van der Waals surface area contributed by atoms with E-state index in [1.807, 2.05) is 13.8 Å². The van der Waals surface area contributed by atoms with Crippen LogP contribution >= 0.6 is 0 Å². The zero-order valence-electron chi connectivity index (χ0n) is 7.70. The van der Waals surface area contributed by atoms with E-state index in [2.05, 4.69) is 9.78 Å². The van der Waals surface area contributed by atoms with Gasteiger partial charge in [0.2, 0.25) is 0 Å². The quantitative estimate of drug-likeness (QED) is 0.360. The first-order valence-electron chi connectivity index (χ1n) is 4.03. The number of hydrogen-bond donors (Lipinski definition) is 0. The topological polar surface area (TPSA) is 55.4 Å². The third-order valence-corrected chi connectivity index (χ3v) is 1.25. The van der Waals surface area contributed by atoms with Gasteiger partial charge in [-0.1, -0.05) is 13.8 Å². The van der Waals surface area contributed by atoms with E-state index in [1.165, 1.54) is 6.92 Å². The fourth-order valence-electron chi connectivity index (χ4n) is 0.451. The van der Waals surface area contributed by atoms with Gasteiger partial charge in [0.1, 0.15) is 0 Å². The molecule has 1 unspecified atom stereocenters. The molecule has 0 spiro atoms. The van der Waals surface area contributed by atoms with E-state index in [0.717, 1.165) is 6.42 Å². The van der Waals surface area contributed by atoms with Gasteiger partial charge in [0.25, 0.3) is 0 Å². The minimum Gasteiger partial charge on any atom is -0.295 e. The van der Waals surface area contributed by atoms with Crippen LogP contribution in [0.4, 0.5) is 0 Å². The van der Waals surface area contributed by atoms with Gasteiger partial charge in [0.15, 0.2) is 6.10 Å². The number of carbonyl (C=O) groups excluding carboxylic acids is 1. The molecule has 0 saturated heterocycles. The molecule has 0 amide bonds. The highest BCUT2D eigenvalue weighted by Crippen LogP contribution is 1.99. The molecule has 4 heteroatoms. The average molecular weight is 175 g/mol. The molecule has 1 radical (unpaired) electrons. The molecule has 0 aliphatic carbocycles. The van der Waals surface area contributed by atoms with Crippen LogP contribution < -0.4 is 0 Å². The molecule has 71 valence electrons. The van der Waals surface area contributed by atoms with Crippen molar-refractivity contribution in [2.75, 3.05) is 6.61 Å². The molecule has 0 N–H and O–H groups in total. The van der Waals surface area contributed by atoms with E-state index < -0.39 is 12.1 Å². The van der Waals surface area contributed by atoms with Crippen molar-refractivity contribution in [3.63, 3.8) is 0 Å². The maximum Gasteiger partial charge on any atom is 0.373 e. The summed E-state index contributed by atoms with van der Waals surface area (Å²) in [4.78, 5) is 19.2. The molecular formula is C8H15O4. The Balaban J connectivity index is 3.26. The van der Waals surface area contributed by atoms with Gasteiger partial charge >= 0.3 is 5.97 Å². The van der Waals surface area contributed by atoms with Crippen LogP contribution in [0.15, 0.2) is 0 Å². The van der Waals surface area contributed by atoms with Gasteiger partial charge in [-0.15, -0.1) is 0 Å². The lowest BCUT2D eigenvalue weighted by molar-refractivity contribution is -0.280. The van der Waals surface area contributed by atoms with Crippen LogP contribution in [-0.4, -0.2) is 18.7 Å². The molecule has 0 fully saturated rings. The van der Waals surface area contributed by atoms with Crippen molar-refractivity contribution in [3.05, 3.63) is 0 Å². The Labute approximate surface area is 72.4 Å². The molecule has 0 rings (SSSR count). The summed E-state index contributed by atoms with van der Waals surface area (Å²) >= 11 is 0. The molecular weight excluding hydrogens is 160 g/mol. The second kappa shape index (κ2) is 5.97. The second-order valence-corrected chi connectivity index (χ2v) is 3.05. The molecule has 4 nitrogen and oxygen atoms in total. The monoisotopic (exact) mass is 175 g/mol. The molecule has 0 aromatic rings. The van der Waals surface area contributed by atoms with Gasteiger partial charge in [-0.25, -0.2) is 9.90 Å². The maximum atomic E-state index is 10.5. The van der Waals surface area contributed by atoms with E-state index >= 15 is 0 Å². The van der Waals surface area contributed by atoms with Crippen molar-refractivity contribution in [2.24, 2.45) is 5.92 Å². The van der Waals surface area contributed by atoms with Crippen LogP contribution in [0.25, 0.3) is 0 Å². The SMILES string of the molecule is CC(C)CCOOC(=O)C(C)[O]. The molecule has 0 aliphatic rings. The van der Waals surface area contributed by atoms with Crippen LogP contribution in [0.2, 0.25) is 0 Å². The van der Waals surface area contributed by atoms with E-state index in [4.69, 9.17) is 0 Å². The molecule has 0 aromatic heterocycles. The third kappa shape index (κ3) is 6.12. The first-order valence-corrected chi connectivity index (χ1v) is 4.03. The molecule has 0 aliphatic heterocycles. The number of hydrogen-bond acceptors (Lipinski definition) is 3. The predicted octanol–water partition coefficient (Wildman–Crippen LogP) is 1.33. The van der Waals surface area contributed by atoms with Gasteiger partial charge < -0.3 is 0 Å². The Bertz CT molecular complexity index is 131. The Morgan fingerprint density at radius 1 is 1.33 bits per heavy atom. The molecule has 0 aromatic carbocycles. The number of carbonyl (C=O) groups is 1. The number of rotatable bonds is 5. The summed E-state index contributed by atoms with van der Waals surface area (Å²) in [5.41, 5.74) is 0. The minimum absolute atomic E-state index is 0.343. The van der Waals surface area contributed by atoms with Crippen molar-refractivity contribution in [1.29, 1.82) is 0 Å². The third-order valence-electron chi connectivity index (χ3n) is 1.25. The van der Waals surface area contributed by atoms with E-state index in [0.29, 0.717) is 12.5 Å². The molecule has 0 heterocycles. The fourth-order valence-corrected chi connectivity index (χ4v) is 0.451. The summed E-state index contributed by atoms with van der Waals surface area (Å²) in [6.07, 6.45) is -0.565. The minimum atomic E-state index is -1.37. The first-order chi connectivity index (χ1) is 5.54. The molecule has 0 saturated carbocycles. The average Bonchev–Trinajstić information content (AvgIpc) is 1.97. The fraction of sp³-hybridized carbons (Fsp3) is 0.875. The van der Waals surface area contributed by atoms with Crippen LogP contribution in [0.3, 0.4) is 0 Å². The van der Waals surface area contributed by atoms with E-state index in [1.54, 1.807) is 0 Å². The van der Waals surface area contributed by atoms with Crippen molar-refractivity contribution >= 4 is 5.97 Å². The van der Waals surface area contributed by atoms with Gasteiger partial charge in [-0.05, 0) is 19.3 Å². The van der Waals surface area contributed by atoms with Crippen molar-refractivity contribution in [2.45, 2.75) is 33.3 Å². The highest BCUT2D eigenvalue weighted by Gasteiger charge is 2.12. The Morgan fingerprint density at radius 2 is 1.92 bits per heavy atom. The lowest BCUT2D eigenvalue weighted by atomic mass is 10.1. The molecule has 0 bridgehead atoms. The molecule has 1 atom stereocenters. The summed E-state index contributed by atoms with van der Waals surface area (Å²) in [6.45, 7) is 5.62. The lowest BCUT2D eigenvalue weighted by Gasteiger charge is -2.05. The van der Waals surface area contributed by atoms with Crippen LogP contribution in [-0.2, 0) is 19.7 Å². The van der Waals surface area contributed by atoms with Gasteiger partial charge in [0.05, 0.1) is 6.61 Å². The zero-order chi connectivity index (χ0) is 9.56. The van der Waals surface area contributed by atoms with Crippen LogP contribution in [0, 0.1) is 5.92 Å². The Hall–Kier alpha value is -0.610. The summed E-state index contributed by atoms with van der Waals surface area (Å²) in [6, 6.07) is 0. The lowest BCUT2D eigenvalue weighted by Crippen LogP contribution is -2.18. The zero-order valence-corrected chi connectivity index (χ0v) is 7.70. The first kappa shape index (κ1) is 11.4. The van der Waals surface area contributed by atoms with Crippen LogP contribution in [0.1, 0.15) is 27.2 Å². The summed E-state index contributed by atoms with van der Waals surface area (Å²) in [7, 11) is 0. The largest absolute Gasteiger partial charge is 0.373 e. The van der Waals surface area contributed by atoms with Crippen LogP contribution in [0.5, 0.6) is 0 Å². The normalized spacial score (nSPS) is 13.1. The summed E-state index contributed by atoms with van der Waals surface area (Å²) in [5.74, 6) is -0.368. The predicted molar refractivity (Wildman–Crippen MR) is 41.6 cm³/mol. The van der Waals surface area contributed by atoms with Crippen molar-refractivity contribution < 1.29 is 19.7 Å². The smallest absolute Gasteiger partial charge is 0.295 e. The van der Waals surface area contributed by atoms with Crippen molar-refractivity contribution in [3.8, 4) is 0 Å². The van der Waals surface area contributed by atoms with Gasteiger partial charge in [-0.2, -0.15) is 4.89 Å². The van der Waals surface area contributed by atoms with Crippen molar-refractivity contribution in [1.82, 2.24) is 0 Å². The standard InChI is InChI=1S/C8H15O4/c1-6(2)4-5-11-12-8(10)7(3)9/h6-7H,4-5H2,1-3H3. The van der Waals surface area contributed by atoms with E-state index in [9.17, 15) is 9.90 Å². The molecule has 12 heavy (non-hydrogen) atoms.